The number of rotatable bonds is 5. The molecule has 1 aliphatic carbocycles. The average Bonchev–Trinajstić information content (AvgIpc) is 3.48. The van der Waals surface area contributed by atoms with Gasteiger partial charge in [-0.15, -0.1) is 0 Å². The minimum atomic E-state index is 0.156. The van der Waals surface area contributed by atoms with E-state index in [-0.39, 0.29) is 11.9 Å². The molecule has 5 nitrogen and oxygen atoms in total. The van der Waals surface area contributed by atoms with Crippen molar-refractivity contribution in [2.45, 2.75) is 43.8 Å². The van der Waals surface area contributed by atoms with Crippen molar-refractivity contribution in [3.05, 3.63) is 34.9 Å². The van der Waals surface area contributed by atoms with Crippen LogP contribution in [0.1, 0.15) is 37.3 Å². The van der Waals surface area contributed by atoms with Gasteiger partial charge in [0.15, 0.2) is 0 Å². The summed E-state index contributed by atoms with van der Waals surface area (Å²) in [5.41, 5.74) is 1.18. The molecule has 2 heterocycles. The van der Waals surface area contributed by atoms with E-state index in [1.54, 1.807) is 0 Å². The first kappa shape index (κ1) is 18.2. The van der Waals surface area contributed by atoms with Crippen molar-refractivity contribution >= 4 is 17.5 Å². The van der Waals surface area contributed by atoms with Gasteiger partial charge in [-0.1, -0.05) is 23.7 Å². The SMILES string of the molecule is O=C(CN1CCNCC1c1cccc(Cl)c1)NC1CCN(C2CC2)CC1. The van der Waals surface area contributed by atoms with Crippen molar-refractivity contribution in [3.63, 3.8) is 0 Å². The van der Waals surface area contributed by atoms with Gasteiger partial charge in [0.2, 0.25) is 5.91 Å². The fourth-order valence-corrected chi connectivity index (χ4v) is 4.48. The molecular weight excluding hydrogens is 348 g/mol. The first-order valence-electron chi connectivity index (χ1n) is 9.93. The molecule has 2 aliphatic heterocycles. The van der Waals surface area contributed by atoms with Gasteiger partial charge < -0.3 is 15.5 Å². The van der Waals surface area contributed by atoms with E-state index in [9.17, 15) is 4.79 Å². The lowest BCUT2D eigenvalue weighted by atomic mass is 10.0. The van der Waals surface area contributed by atoms with Gasteiger partial charge in [0.1, 0.15) is 0 Å². The molecule has 6 heteroatoms. The third kappa shape index (κ3) is 4.58. The number of nitrogens with one attached hydrogen (secondary N) is 2. The maximum absolute atomic E-state index is 12.6. The van der Waals surface area contributed by atoms with Gasteiger partial charge in [-0.25, -0.2) is 0 Å². The third-order valence-corrected chi connectivity index (χ3v) is 6.13. The van der Waals surface area contributed by atoms with Crippen molar-refractivity contribution in [1.29, 1.82) is 0 Å². The second-order valence-corrected chi connectivity index (χ2v) is 8.29. The zero-order valence-electron chi connectivity index (χ0n) is 15.3. The number of benzene rings is 1. The zero-order valence-corrected chi connectivity index (χ0v) is 16.0. The van der Waals surface area contributed by atoms with Crippen LogP contribution in [0.25, 0.3) is 0 Å². The van der Waals surface area contributed by atoms with Crippen LogP contribution in [-0.4, -0.2) is 67.1 Å². The van der Waals surface area contributed by atoms with Gasteiger partial charge in [0.05, 0.1) is 6.54 Å². The topological polar surface area (TPSA) is 47.6 Å². The van der Waals surface area contributed by atoms with Gasteiger partial charge in [0, 0.05) is 55.9 Å². The highest BCUT2D eigenvalue weighted by Crippen LogP contribution is 2.29. The van der Waals surface area contributed by atoms with E-state index in [1.807, 2.05) is 18.2 Å². The Morgan fingerprint density at radius 3 is 2.73 bits per heavy atom. The van der Waals surface area contributed by atoms with E-state index in [1.165, 1.54) is 18.4 Å². The van der Waals surface area contributed by atoms with Crippen LogP contribution in [0, 0.1) is 0 Å². The number of hydrogen-bond acceptors (Lipinski definition) is 4. The molecule has 3 fully saturated rings. The Bertz CT molecular complexity index is 628. The number of piperazine rings is 1. The zero-order chi connectivity index (χ0) is 17.9. The number of carbonyl (C=O) groups excluding carboxylic acids is 1. The van der Waals surface area contributed by atoms with E-state index in [2.05, 4.69) is 26.5 Å². The Morgan fingerprint density at radius 1 is 1.19 bits per heavy atom. The summed E-state index contributed by atoms with van der Waals surface area (Å²) < 4.78 is 0. The van der Waals surface area contributed by atoms with E-state index < -0.39 is 0 Å². The Kier molecular flexibility index (Phi) is 5.79. The number of likely N-dealkylation sites (tertiary alicyclic amines) is 1. The van der Waals surface area contributed by atoms with E-state index in [0.29, 0.717) is 12.6 Å². The molecule has 0 aromatic heterocycles. The molecule has 1 aromatic carbocycles. The molecule has 1 unspecified atom stereocenters. The van der Waals surface area contributed by atoms with Crippen molar-refractivity contribution in [1.82, 2.24) is 20.4 Å². The van der Waals surface area contributed by atoms with Crippen LogP contribution < -0.4 is 10.6 Å². The molecule has 1 atom stereocenters. The molecule has 142 valence electrons. The summed E-state index contributed by atoms with van der Waals surface area (Å²) in [6, 6.07) is 9.37. The third-order valence-electron chi connectivity index (χ3n) is 5.89. The molecule has 1 amide bonds. The first-order chi connectivity index (χ1) is 12.7. The maximum Gasteiger partial charge on any atom is 0.234 e. The standard InChI is InChI=1S/C20H29ClN4O/c21-16-3-1-2-15(12-16)19-13-22-8-11-25(19)14-20(26)23-17-6-9-24(10-7-17)18-4-5-18/h1-3,12,17-19,22H,4-11,13-14H2,(H,23,26). The molecule has 0 spiro atoms. The molecule has 0 bridgehead atoms. The molecule has 2 N–H and O–H groups in total. The highest BCUT2D eigenvalue weighted by Gasteiger charge is 2.32. The molecular formula is C20H29ClN4O. The Morgan fingerprint density at radius 2 is 2.00 bits per heavy atom. The van der Waals surface area contributed by atoms with Crippen LogP contribution in [0.2, 0.25) is 5.02 Å². The molecule has 4 rings (SSSR count). The lowest BCUT2D eigenvalue weighted by Gasteiger charge is -2.37. The normalized spacial score (nSPS) is 26.0. The Labute approximate surface area is 161 Å². The lowest BCUT2D eigenvalue weighted by Crippen LogP contribution is -2.52. The highest BCUT2D eigenvalue weighted by molar-refractivity contribution is 6.30. The molecule has 2 saturated heterocycles. The molecule has 1 aromatic rings. The fourth-order valence-electron chi connectivity index (χ4n) is 4.28. The van der Waals surface area contributed by atoms with Crippen LogP contribution in [0.5, 0.6) is 0 Å². The summed E-state index contributed by atoms with van der Waals surface area (Å²) in [6.07, 6.45) is 4.90. The molecule has 3 aliphatic rings. The number of nitrogens with zero attached hydrogens (tertiary/aromatic N) is 2. The molecule has 1 saturated carbocycles. The quantitative estimate of drug-likeness (QED) is 0.825. The van der Waals surface area contributed by atoms with E-state index in [4.69, 9.17) is 11.6 Å². The van der Waals surface area contributed by atoms with Crippen molar-refractivity contribution < 1.29 is 4.79 Å². The van der Waals surface area contributed by atoms with Crippen LogP contribution in [0.3, 0.4) is 0 Å². The van der Waals surface area contributed by atoms with Crippen LogP contribution in [-0.2, 0) is 4.79 Å². The minimum Gasteiger partial charge on any atom is -0.352 e. The van der Waals surface area contributed by atoms with Crippen LogP contribution in [0.15, 0.2) is 24.3 Å². The fraction of sp³-hybridized carbons (Fsp3) is 0.650. The summed E-state index contributed by atoms with van der Waals surface area (Å²) in [5.74, 6) is 0.156. The highest BCUT2D eigenvalue weighted by atomic mass is 35.5. The van der Waals surface area contributed by atoms with Gasteiger partial charge in [-0.05, 0) is 43.4 Å². The average molecular weight is 377 g/mol. The van der Waals surface area contributed by atoms with Crippen molar-refractivity contribution in [2.24, 2.45) is 0 Å². The second kappa shape index (κ2) is 8.26. The molecule has 0 radical (unpaired) electrons. The summed E-state index contributed by atoms with van der Waals surface area (Å²) >= 11 is 6.16. The lowest BCUT2D eigenvalue weighted by molar-refractivity contribution is -0.124. The van der Waals surface area contributed by atoms with Gasteiger partial charge in [0.25, 0.3) is 0 Å². The second-order valence-electron chi connectivity index (χ2n) is 7.85. The predicted octanol–water partition coefficient (Wildman–Crippen LogP) is 2.03. The number of halogens is 1. The van der Waals surface area contributed by atoms with Gasteiger partial charge >= 0.3 is 0 Å². The van der Waals surface area contributed by atoms with Crippen LogP contribution >= 0.6 is 11.6 Å². The van der Waals surface area contributed by atoms with Crippen LogP contribution in [0.4, 0.5) is 0 Å². The van der Waals surface area contributed by atoms with E-state index in [0.717, 1.165) is 56.6 Å². The van der Waals surface area contributed by atoms with Gasteiger partial charge in [-0.3, -0.25) is 9.69 Å². The predicted molar refractivity (Wildman–Crippen MR) is 104 cm³/mol. The van der Waals surface area contributed by atoms with Crippen molar-refractivity contribution in [3.8, 4) is 0 Å². The number of carbonyl (C=O) groups is 1. The largest absolute Gasteiger partial charge is 0.352 e. The molecule has 26 heavy (non-hydrogen) atoms. The summed E-state index contributed by atoms with van der Waals surface area (Å²) in [4.78, 5) is 17.5. The van der Waals surface area contributed by atoms with Crippen molar-refractivity contribution in [2.75, 3.05) is 39.3 Å². The monoisotopic (exact) mass is 376 g/mol. The first-order valence-corrected chi connectivity index (χ1v) is 10.3. The number of hydrogen-bond donors (Lipinski definition) is 2. The van der Waals surface area contributed by atoms with Gasteiger partial charge in [-0.2, -0.15) is 0 Å². The smallest absolute Gasteiger partial charge is 0.234 e. The maximum atomic E-state index is 12.6. The summed E-state index contributed by atoms with van der Waals surface area (Å²) in [7, 11) is 0. The number of amides is 1. The Hall–Kier alpha value is -1.14. The van der Waals surface area contributed by atoms with E-state index >= 15 is 0 Å². The summed E-state index contributed by atoms with van der Waals surface area (Å²) in [6.45, 7) is 5.38. The Balaban J connectivity index is 1.30. The number of piperidine rings is 1. The summed E-state index contributed by atoms with van der Waals surface area (Å²) in [5, 5.41) is 7.46. The minimum absolute atomic E-state index is 0.156.